The van der Waals surface area contributed by atoms with Crippen molar-refractivity contribution in [2.24, 2.45) is 23.7 Å². The van der Waals surface area contributed by atoms with E-state index in [9.17, 15) is 24.0 Å². The van der Waals surface area contributed by atoms with Crippen LogP contribution in [0.3, 0.4) is 0 Å². The molecule has 2 rings (SSSR count). The van der Waals surface area contributed by atoms with E-state index in [2.05, 4.69) is 16.0 Å². The molecule has 1 unspecified atom stereocenters. The summed E-state index contributed by atoms with van der Waals surface area (Å²) in [5, 5.41) is 8.80. The SMILES string of the molecule is CCC(C)[C@@H]([C@@H](CC(=O)N1C[C@H](OC)C[C@@]1(C)[C@H](OC)[C@@H](C)C(=O)NCC(=O)c1ccc(C)cc1)OC)N(C)C(=O)[C@@H](NC(=O)[C@@H](NC)C(C)C)C(C)C. The summed E-state index contributed by atoms with van der Waals surface area (Å²) in [5.74, 6) is -2.29. The summed E-state index contributed by atoms with van der Waals surface area (Å²) in [4.78, 5) is 71.6. The van der Waals surface area contributed by atoms with Crippen LogP contribution in [0.5, 0.6) is 0 Å². The highest BCUT2D eigenvalue weighted by Crippen LogP contribution is 2.39. The monoisotopic (exact) mass is 760 g/mol. The van der Waals surface area contributed by atoms with E-state index in [4.69, 9.17) is 14.2 Å². The molecule has 9 atom stereocenters. The predicted molar refractivity (Wildman–Crippen MR) is 210 cm³/mol. The Kier molecular flexibility index (Phi) is 18.2. The second-order valence-corrected chi connectivity index (χ2v) is 15.9. The molecule has 1 aliphatic rings. The molecule has 4 amide bonds. The van der Waals surface area contributed by atoms with Crippen LogP contribution in [0.4, 0.5) is 0 Å². The number of ether oxygens (including phenoxy) is 3. The molecular weight excluding hydrogens is 690 g/mol. The molecule has 0 saturated carbocycles. The minimum absolute atomic E-state index is 0.0183. The van der Waals surface area contributed by atoms with Crippen molar-refractivity contribution < 1.29 is 38.2 Å². The average molecular weight is 760 g/mol. The second kappa shape index (κ2) is 21.1. The van der Waals surface area contributed by atoms with Crippen LogP contribution < -0.4 is 16.0 Å². The van der Waals surface area contributed by atoms with Crippen LogP contribution in [-0.2, 0) is 33.4 Å². The number of carbonyl (C=O) groups is 5. The Morgan fingerprint density at radius 3 is 2.00 bits per heavy atom. The molecule has 1 aliphatic heterocycles. The zero-order chi connectivity index (χ0) is 41.1. The number of methoxy groups -OCH3 is 3. The van der Waals surface area contributed by atoms with Crippen molar-refractivity contribution in [2.45, 2.75) is 124 Å². The van der Waals surface area contributed by atoms with Crippen molar-refractivity contribution in [3.63, 3.8) is 0 Å². The molecule has 0 radical (unpaired) electrons. The van der Waals surface area contributed by atoms with Gasteiger partial charge < -0.3 is 40.0 Å². The van der Waals surface area contributed by atoms with Crippen molar-refractivity contribution >= 4 is 29.4 Å². The minimum atomic E-state index is -0.955. The third kappa shape index (κ3) is 11.3. The zero-order valence-electron chi connectivity index (χ0n) is 35.3. The number of amides is 4. The number of hydrogen-bond donors (Lipinski definition) is 3. The van der Waals surface area contributed by atoms with E-state index in [0.717, 1.165) is 5.56 Å². The maximum atomic E-state index is 14.5. The van der Waals surface area contributed by atoms with E-state index in [0.29, 0.717) is 18.4 Å². The van der Waals surface area contributed by atoms with Gasteiger partial charge in [-0.15, -0.1) is 0 Å². The van der Waals surface area contributed by atoms with Gasteiger partial charge in [-0.2, -0.15) is 0 Å². The summed E-state index contributed by atoms with van der Waals surface area (Å²) in [7, 11) is 8.08. The van der Waals surface area contributed by atoms with Crippen LogP contribution in [0.25, 0.3) is 0 Å². The average Bonchev–Trinajstić information content (AvgIpc) is 3.49. The second-order valence-electron chi connectivity index (χ2n) is 15.9. The number of rotatable bonds is 21. The lowest BCUT2D eigenvalue weighted by Crippen LogP contribution is -2.60. The Hall–Kier alpha value is -3.39. The number of carbonyl (C=O) groups excluding carboxylic acids is 5. The molecule has 0 spiro atoms. The highest BCUT2D eigenvalue weighted by molar-refractivity contribution is 5.99. The fourth-order valence-electron chi connectivity index (χ4n) is 7.92. The van der Waals surface area contributed by atoms with Crippen molar-refractivity contribution in [3.05, 3.63) is 35.4 Å². The number of benzene rings is 1. The first-order valence-corrected chi connectivity index (χ1v) is 19.3. The Bertz CT molecular complexity index is 1400. The molecule has 13 heteroatoms. The van der Waals surface area contributed by atoms with Crippen molar-refractivity contribution in [1.82, 2.24) is 25.8 Å². The fourth-order valence-corrected chi connectivity index (χ4v) is 7.92. The van der Waals surface area contributed by atoms with Crippen molar-refractivity contribution in [3.8, 4) is 0 Å². The van der Waals surface area contributed by atoms with Crippen LogP contribution in [0.2, 0.25) is 0 Å². The number of aryl methyl sites for hydroxylation is 1. The molecule has 1 aromatic rings. The summed E-state index contributed by atoms with van der Waals surface area (Å²) in [6.07, 6.45) is -0.667. The van der Waals surface area contributed by atoms with E-state index >= 15 is 0 Å². The van der Waals surface area contributed by atoms with Crippen LogP contribution >= 0.6 is 0 Å². The van der Waals surface area contributed by atoms with Gasteiger partial charge in [0, 0.05) is 46.9 Å². The van der Waals surface area contributed by atoms with Gasteiger partial charge in [-0.1, -0.05) is 84.7 Å². The van der Waals surface area contributed by atoms with Crippen LogP contribution in [-0.4, -0.2) is 130 Å². The van der Waals surface area contributed by atoms with Crippen LogP contribution in [0.1, 0.15) is 90.6 Å². The highest BCUT2D eigenvalue weighted by Gasteiger charge is 2.53. The third-order valence-corrected chi connectivity index (χ3v) is 11.4. The molecule has 1 aromatic carbocycles. The van der Waals surface area contributed by atoms with E-state index in [1.165, 1.54) is 14.2 Å². The predicted octanol–water partition coefficient (Wildman–Crippen LogP) is 3.61. The molecule has 0 aliphatic carbocycles. The number of likely N-dealkylation sites (N-methyl/N-ethyl adjacent to an activating group) is 2. The summed E-state index contributed by atoms with van der Waals surface area (Å²) in [6.45, 7) is 17.4. The number of likely N-dealkylation sites (tertiary alicyclic amines) is 1. The van der Waals surface area contributed by atoms with Gasteiger partial charge >= 0.3 is 0 Å². The molecule has 306 valence electrons. The molecule has 13 nitrogen and oxygen atoms in total. The lowest BCUT2D eigenvalue weighted by Gasteiger charge is -2.44. The van der Waals surface area contributed by atoms with Gasteiger partial charge in [-0.05, 0) is 38.6 Å². The molecule has 1 saturated heterocycles. The van der Waals surface area contributed by atoms with Crippen LogP contribution in [0, 0.1) is 30.6 Å². The Morgan fingerprint density at radius 1 is 0.926 bits per heavy atom. The quantitative estimate of drug-likeness (QED) is 0.160. The van der Waals surface area contributed by atoms with Gasteiger partial charge in [0.15, 0.2) is 5.78 Å². The first-order chi connectivity index (χ1) is 25.3. The van der Waals surface area contributed by atoms with Crippen LogP contribution in [0.15, 0.2) is 24.3 Å². The smallest absolute Gasteiger partial charge is 0.245 e. The molecule has 0 bridgehead atoms. The lowest BCUT2D eigenvalue weighted by atomic mass is 9.82. The summed E-state index contributed by atoms with van der Waals surface area (Å²) < 4.78 is 17.8. The Labute approximate surface area is 324 Å². The Morgan fingerprint density at radius 2 is 1.52 bits per heavy atom. The van der Waals surface area contributed by atoms with Crippen molar-refractivity contribution in [1.29, 1.82) is 0 Å². The third-order valence-electron chi connectivity index (χ3n) is 11.4. The van der Waals surface area contributed by atoms with E-state index < -0.39 is 41.8 Å². The van der Waals surface area contributed by atoms with E-state index in [-0.39, 0.29) is 72.8 Å². The lowest BCUT2D eigenvalue weighted by molar-refractivity contribution is -0.152. The molecular formula is C41H69N5O8. The molecule has 1 fully saturated rings. The minimum Gasteiger partial charge on any atom is -0.380 e. The van der Waals surface area contributed by atoms with Gasteiger partial charge in [-0.3, -0.25) is 24.0 Å². The van der Waals surface area contributed by atoms with Gasteiger partial charge in [0.2, 0.25) is 23.6 Å². The van der Waals surface area contributed by atoms with Crippen molar-refractivity contribution in [2.75, 3.05) is 48.5 Å². The zero-order valence-corrected chi connectivity index (χ0v) is 35.3. The molecule has 3 N–H and O–H groups in total. The first-order valence-electron chi connectivity index (χ1n) is 19.3. The van der Waals surface area contributed by atoms with Gasteiger partial charge in [-0.25, -0.2) is 0 Å². The highest BCUT2D eigenvalue weighted by atomic mass is 16.5. The number of hydrogen-bond acceptors (Lipinski definition) is 9. The van der Waals surface area contributed by atoms with E-state index in [1.54, 1.807) is 50.1 Å². The maximum Gasteiger partial charge on any atom is 0.245 e. The fraction of sp³-hybridized carbons (Fsp3) is 0.732. The molecule has 0 aromatic heterocycles. The first kappa shape index (κ1) is 46.8. The summed E-state index contributed by atoms with van der Waals surface area (Å²) in [5.41, 5.74) is 0.584. The Balaban J connectivity index is 2.35. The summed E-state index contributed by atoms with van der Waals surface area (Å²) in [6, 6.07) is 5.42. The number of ketones is 1. The van der Waals surface area contributed by atoms with Gasteiger partial charge in [0.1, 0.15) is 6.04 Å². The molecule has 1 heterocycles. The maximum absolute atomic E-state index is 14.5. The standard InChI is InChI=1S/C41H69N5O8/c1-15-27(7)36(45(11)40(51)35(25(4)5)44-39(50)34(42-10)24(2)3)32(53-13)20-33(48)46-23-30(52-12)21-41(46,9)37(54-14)28(8)38(49)43-22-31(47)29-18-16-26(6)17-19-29/h16-19,24-25,27-28,30,32,34-37,42H,15,20-23H2,1-14H3,(H,43,49)(H,44,50)/t27?,28-,30-,32-,34+,35+,36+,37-,41+/m1/s1. The van der Waals surface area contributed by atoms with Gasteiger partial charge in [0.05, 0.1) is 54.8 Å². The topological polar surface area (TPSA) is 156 Å². The molecule has 54 heavy (non-hydrogen) atoms. The summed E-state index contributed by atoms with van der Waals surface area (Å²) >= 11 is 0. The van der Waals surface area contributed by atoms with Gasteiger partial charge in [0.25, 0.3) is 0 Å². The van der Waals surface area contributed by atoms with E-state index in [1.807, 2.05) is 67.5 Å². The normalized spacial score (nSPS) is 21.2. The largest absolute Gasteiger partial charge is 0.380 e. The number of nitrogens with zero attached hydrogens (tertiary/aromatic N) is 2. The number of Topliss-reactive ketones (excluding diaryl/α,β-unsaturated/α-hetero) is 1. The number of nitrogens with one attached hydrogen (secondary N) is 3.